The molecule has 2 aromatic heterocycles. The highest BCUT2D eigenvalue weighted by Crippen LogP contribution is 2.45. The lowest BCUT2D eigenvalue weighted by atomic mass is 10.00. The zero-order chi connectivity index (χ0) is 48.0. The summed E-state index contributed by atoms with van der Waals surface area (Å²) < 4.78 is 19.1. The number of nitrogens with zero attached hydrogens (tertiary/aromatic N) is 5. The van der Waals surface area contributed by atoms with Gasteiger partial charge in [0, 0.05) is 50.5 Å². The van der Waals surface area contributed by atoms with Crippen LogP contribution in [0.4, 0.5) is 34.1 Å². The maximum atomic E-state index is 6.65. The molecule has 0 bridgehead atoms. The molecule has 0 saturated heterocycles. The summed E-state index contributed by atoms with van der Waals surface area (Å²) in [6, 6.07) is 79.9. The smallest absolute Gasteiger partial charge is 0.133 e. The molecule has 10 aromatic carbocycles. The largest absolute Gasteiger partial charge is 0.457 e. The Morgan fingerprint density at radius 2 is 0.901 bits per heavy atom. The minimum Gasteiger partial charge on any atom is -0.457 e. The van der Waals surface area contributed by atoms with Gasteiger partial charge in [-0.2, -0.15) is 8.75 Å². The predicted octanol–water partition coefficient (Wildman–Crippen LogP) is 18.1. The van der Waals surface area contributed by atoms with Crippen molar-refractivity contribution >= 4 is 78.7 Å². The summed E-state index contributed by atoms with van der Waals surface area (Å²) in [5, 5.41) is 2.23. The SMILES string of the molecule is Cc1ccccc1N(c1ccc(N(c2ccc(-c3ccccc3)cc2)c2ccc(-c3ccc4c(c3)c3cc(Oc5c(C)cccc5C)ccc3n4-c3ccccc3)c3nsnc23)cc1)c1ccccc1C. The van der Waals surface area contributed by atoms with Crippen molar-refractivity contribution in [3.8, 4) is 39.4 Å². The van der Waals surface area contributed by atoms with E-state index in [2.05, 4.69) is 267 Å². The number of anilines is 6. The molecular formula is C64H49N5OS. The van der Waals surface area contributed by atoms with Crippen LogP contribution in [0.25, 0.3) is 60.8 Å². The van der Waals surface area contributed by atoms with E-state index in [0.717, 1.165) is 112 Å². The fraction of sp³-hybridized carbons (Fsp3) is 0.0625. The van der Waals surface area contributed by atoms with E-state index in [9.17, 15) is 0 Å². The Hall–Kier alpha value is -8.78. The summed E-state index contributed by atoms with van der Waals surface area (Å²) in [6.45, 7) is 8.54. The molecule has 0 fully saturated rings. The number of aromatic nitrogens is 3. The molecule has 342 valence electrons. The highest BCUT2D eigenvalue weighted by molar-refractivity contribution is 7.00. The van der Waals surface area contributed by atoms with Crippen molar-refractivity contribution in [3.05, 3.63) is 247 Å². The first-order valence-electron chi connectivity index (χ1n) is 24.0. The molecule has 6 nitrogen and oxygen atoms in total. The lowest BCUT2D eigenvalue weighted by Gasteiger charge is -2.30. The van der Waals surface area contributed by atoms with Crippen LogP contribution in [0.3, 0.4) is 0 Å². The zero-order valence-electron chi connectivity index (χ0n) is 39.9. The first-order valence-corrected chi connectivity index (χ1v) is 24.7. The fourth-order valence-electron chi connectivity index (χ4n) is 10.1. The molecular weight excluding hydrogens is 887 g/mol. The number of benzene rings is 10. The van der Waals surface area contributed by atoms with Crippen molar-refractivity contribution in [2.75, 3.05) is 9.80 Å². The van der Waals surface area contributed by atoms with Crippen LogP contribution in [0, 0.1) is 27.7 Å². The molecule has 0 aliphatic rings. The highest BCUT2D eigenvalue weighted by Gasteiger charge is 2.23. The van der Waals surface area contributed by atoms with Gasteiger partial charge in [0.05, 0.1) is 28.4 Å². The van der Waals surface area contributed by atoms with E-state index < -0.39 is 0 Å². The number of fused-ring (bicyclic) bond motifs is 4. The van der Waals surface area contributed by atoms with Crippen LogP contribution in [0.15, 0.2) is 224 Å². The third kappa shape index (κ3) is 7.96. The van der Waals surface area contributed by atoms with Gasteiger partial charge in [-0.25, -0.2) is 0 Å². The summed E-state index contributed by atoms with van der Waals surface area (Å²) in [5.74, 6) is 1.69. The number of hydrogen-bond donors (Lipinski definition) is 0. The van der Waals surface area contributed by atoms with Crippen LogP contribution < -0.4 is 14.5 Å². The van der Waals surface area contributed by atoms with Crippen molar-refractivity contribution in [2.45, 2.75) is 27.7 Å². The molecule has 0 unspecified atom stereocenters. The zero-order valence-corrected chi connectivity index (χ0v) is 40.7. The maximum Gasteiger partial charge on any atom is 0.133 e. The van der Waals surface area contributed by atoms with E-state index in [-0.39, 0.29) is 0 Å². The third-order valence-corrected chi connectivity index (χ3v) is 14.2. The second-order valence-electron chi connectivity index (χ2n) is 18.2. The number of aryl methyl sites for hydroxylation is 4. The number of hydrogen-bond acceptors (Lipinski definition) is 6. The number of para-hydroxylation sites is 4. The molecule has 2 heterocycles. The third-order valence-electron chi connectivity index (χ3n) is 13.6. The lowest BCUT2D eigenvalue weighted by Crippen LogP contribution is -2.14. The Morgan fingerprint density at radius 3 is 1.55 bits per heavy atom. The van der Waals surface area contributed by atoms with E-state index in [1.807, 2.05) is 0 Å². The van der Waals surface area contributed by atoms with Gasteiger partial charge >= 0.3 is 0 Å². The van der Waals surface area contributed by atoms with E-state index in [4.69, 9.17) is 13.5 Å². The summed E-state index contributed by atoms with van der Waals surface area (Å²) >= 11 is 1.25. The summed E-state index contributed by atoms with van der Waals surface area (Å²) in [4.78, 5) is 4.67. The Morgan fingerprint density at radius 1 is 0.394 bits per heavy atom. The quantitative estimate of drug-likeness (QED) is 0.129. The summed E-state index contributed by atoms with van der Waals surface area (Å²) in [5.41, 5.74) is 20.3. The van der Waals surface area contributed by atoms with Crippen LogP contribution in [0.2, 0.25) is 0 Å². The fourth-order valence-corrected chi connectivity index (χ4v) is 10.7. The van der Waals surface area contributed by atoms with Crippen molar-refractivity contribution in [3.63, 3.8) is 0 Å². The van der Waals surface area contributed by atoms with Gasteiger partial charge in [0.25, 0.3) is 0 Å². The van der Waals surface area contributed by atoms with E-state index in [1.54, 1.807) is 0 Å². The maximum absolute atomic E-state index is 6.65. The number of rotatable bonds is 11. The van der Waals surface area contributed by atoms with Crippen molar-refractivity contribution in [1.82, 2.24) is 13.3 Å². The molecule has 7 heteroatoms. The van der Waals surface area contributed by atoms with Gasteiger partial charge in [0.1, 0.15) is 22.5 Å². The van der Waals surface area contributed by atoms with Crippen molar-refractivity contribution in [2.24, 2.45) is 0 Å². The molecule has 0 amide bonds. The molecule has 0 saturated carbocycles. The Balaban J connectivity index is 0.990. The highest BCUT2D eigenvalue weighted by atomic mass is 32.1. The molecule has 0 spiro atoms. The van der Waals surface area contributed by atoms with Gasteiger partial charge < -0.3 is 19.1 Å². The van der Waals surface area contributed by atoms with Crippen LogP contribution in [0.1, 0.15) is 22.3 Å². The second-order valence-corrected chi connectivity index (χ2v) is 18.7. The molecule has 0 aliphatic heterocycles. The van der Waals surface area contributed by atoms with Crippen LogP contribution in [-0.4, -0.2) is 13.3 Å². The molecule has 12 aromatic rings. The minimum absolute atomic E-state index is 0.797. The Bertz CT molecular complexity index is 3830. The van der Waals surface area contributed by atoms with Gasteiger partial charge in [-0.15, -0.1) is 0 Å². The van der Waals surface area contributed by atoms with E-state index in [0.29, 0.717) is 0 Å². The standard InChI is InChI=1S/C64H49N5OS/c1-42-16-11-13-24-57(42)68(58-25-14-12-17-43(58)2)52-33-31-51(32-34-52)67(50-29-26-47(27-30-50)46-20-7-5-8-21-46)61-39-36-54(62-63(61)66-71-65-62)48-28-37-59-55(40-48)56-41-53(70-64-44(3)18-15-19-45(64)4)35-38-60(56)69(59)49-22-9-6-10-23-49/h5-41H,1-4H3. The first kappa shape index (κ1) is 43.5. The van der Waals surface area contributed by atoms with Crippen LogP contribution in [-0.2, 0) is 0 Å². The van der Waals surface area contributed by atoms with Gasteiger partial charge in [-0.1, -0.05) is 121 Å². The second kappa shape index (κ2) is 18.3. The Labute approximate surface area is 418 Å². The summed E-state index contributed by atoms with van der Waals surface area (Å²) in [6.07, 6.45) is 0. The van der Waals surface area contributed by atoms with E-state index in [1.165, 1.54) is 28.4 Å². The lowest BCUT2D eigenvalue weighted by molar-refractivity contribution is 0.476. The van der Waals surface area contributed by atoms with Crippen LogP contribution >= 0.6 is 11.7 Å². The normalized spacial score (nSPS) is 11.4. The molecule has 71 heavy (non-hydrogen) atoms. The van der Waals surface area contributed by atoms with E-state index >= 15 is 0 Å². The average molecular weight is 936 g/mol. The van der Waals surface area contributed by atoms with Gasteiger partial charge in [-0.3, -0.25) is 0 Å². The molecule has 12 rings (SSSR count). The predicted molar refractivity (Wildman–Crippen MR) is 297 cm³/mol. The number of ether oxygens (including phenoxy) is 1. The molecule has 0 N–H and O–H groups in total. The van der Waals surface area contributed by atoms with Gasteiger partial charge in [0.2, 0.25) is 0 Å². The van der Waals surface area contributed by atoms with Gasteiger partial charge in [0.15, 0.2) is 0 Å². The molecule has 0 aliphatic carbocycles. The van der Waals surface area contributed by atoms with Gasteiger partial charge in [-0.05, 0) is 170 Å². The molecule has 0 atom stereocenters. The van der Waals surface area contributed by atoms with Crippen LogP contribution in [0.5, 0.6) is 11.5 Å². The monoisotopic (exact) mass is 935 g/mol. The Kier molecular flexibility index (Phi) is 11.2. The minimum atomic E-state index is 0.797. The topological polar surface area (TPSA) is 46.4 Å². The summed E-state index contributed by atoms with van der Waals surface area (Å²) in [7, 11) is 0. The van der Waals surface area contributed by atoms with Crippen molar-refractivity contribution < 1.29 is 4.74 Å². The molecule has 0 radical (unpaired) electrons. The first-order chi connectivity index (χ1) is 34.9. The average Bonchev–Trinajstić information content (AvgIpc) is 4.03. The van der Waals surface area contributed by atoms with Crippen molar-refractivity contribution in [1.29, 1.82) is 0 Å².